The highest BCUT2D eigenvalue weighted by atomic mass is 32.2. The summed E-state index contributed by atoms with van der Waals surface area (Å²) < 4.78 is 31.7. The average molecular weight is 258 g/mol. The maximum Gasteiger partial charge on any atom is 0.145 e. The van der Waals surface area contributed by atoms with E-state index in [1.807, 2.05) is 4.31 Å². The molecule has 2 N–H and O–H groups in total. The second-order valence-electron chi connectivity index (χ2n) is 4.02. The van der Waals surface area contributed by atoms with Crippen molar-refractivity contribution >= 4 is 16.7 Å². The van der Waals surface area contributed by atoms with E-state index in [0.29, 0.717) is 18.0 Å². The van der Waals surface area contributed by atoms with Crippen LogP contribution < -0.4 is 10.5 Å². The van der Waals surface area contributed by atoms with Crippen LogP contribution >= 0.6 is 0 Å². The van der Waals surface area contributed by atoms with Gasteiger partial charge in [0, 0.05) is 25.4 Å². The van der Waals surface area contributed by atoms with Crippen LogP contribution in [0.5, 0.6) is 5.75 Å². The highest BCUT2D eigenvalue weighted by molar-refractivity contribution is 7.81. The first-order chi connectivity index (χ1) is 8.06. The number of ether oxygens (including phenoxy) is 1. The van der Waals surface area contributed by atoms with Crippen LogP contribution in [0, 0.1) is 5.82 Å². The zero-order valence-corrected chi connectivity index (χ0v) is 10.4. The predicted octanol–water partition coefficient (Wildman–Crippen LogP) is 1.15. The van der Waals surface area contributed by atoms with Gasteiger partial charge < -0.3 is 10.5 Å². The Kier molecular flexibility index (Phi) is 3.63. The van der Waals surface area contributed by atoms with Gasteiger partial charge in [-0.1, -0.05) is 0 Å². The zero-order valence-electron chi connectivity index (χ0n) is 9.56. The second kappa shape index (κ2) is 5.01. The third-order valence-corrected chi connectivity index (χ3v) is 3.80. The van der Waals surface area contributed by atoms with E-state index in [2.05, 4.69) is 0 Å². The molecule has 1 aromatic rings. The number of halogens is 1. The van der Waals surface area contributed by atoms with Crippen LogP contribution in [-0.2, 0) is 11.0 Å². The topological polar surface area (TPSA) is 55.6 Å². The fourth-order valence-electron chi connectivity index (χ4n) is 1.82. The van der Waals surface area contributed by atoms with Crippen molar-refractivity contribution in [2.75, 3.05) is 25.1 Å². The largest absolute Gasteiger partial charge is 0.487 e. The SMILES string of the molecule is CS(=O)N1CCC(Oc2cc(F)ccc2N)C1. The van der Waals surface area contributed by atoms with Crippen LogP contribution in [0.15, 0.2) is 18.2 Å². The Balaban J connectivity index is 2.02. The number of nitrogens with zero attached hydrogens (tertiary/aromatic N) is 1. The molecule has 2 atom stereocenters. The van der Waals surface area contributed by atoms with Gasteiger partial charge in [0.1, 0.15) is 17.7 Å². The normalized spacial score (nSPS) is 22.6. The third kappa shape index (κ3) is 2.95. The minimum absolute atomic E-state index is 0.0806. The van der Waals surface area contributed by atoms with Crippen molar-refractivity contribution in [1.29, 1.82) is 0 Å². The molecule has 0 bridgehead atoms. The van der Waals surface area contributed by atoms with Gasteiger partial charge in [-0.15, -0.1) is 0 Å². The molecule has 2 rings (SSSR count). The van der Waals surface area contributed by atoms with Crippen LogP contribution in [0.4, 0.5) is 10.1 Å². The lowest BCUT2D eigenvalue weighted by Crippen LogP contribution is -2.26. The molecule has 1 aromatic carbocycles. The van der Waals surface area contributed by atoms with Crippen LogP contribution in [0.2, 0.25) is 0 Å². The van der Waals surface area contributed by atoms with Crippen molar-refractivity contribution in [3.63, 3.8) is 0 Å². The monoisotopic (exact) mass is 258 g/mol. The Morgan fingerprint density at radius 1 is 1.59 bits per heavy atom. The lowest BCUT2D eigenvalue weighted by atomic mass is 10.2. The Labute approximate surface area is 102 Å². The van der Waals surface area contributed by atoms with Gasteiger partial charge in [-0.25, -0.2) is 12.9 Å². The molecule has 2 unspecified atom stereocenters. The van der Waals surface area contributed by atoms with Crippen LogP contribution in [0.1, 0.15) is 6.42 Å². The molecule has 1 saturated heterocycles. The van der Waals surface area contributed by atoms with Crippen molar-refractivity contribution in [3.05, 3.63) is 24.0 Å². The summed E-state index contributed by atoms with van der Waals surface area (Å²) in [5, 5.41) is 0. The summed E-state index contributed by atoms with van der Waals surface area (Å²) >= 11 is 0. The summed E-state index contributed by atoms with van der Waals surface area (Å²) in [5.74, 6) is -0.0122. The highest BCUT2D eigenvalue weighted by Crippen LogP contribution is 2.25. The number of hydrogen-bond donors (Lipinski definition) is 1. The van der Waals surface area contributed by atoms with Gasteiger partial charge in [-0.2, -0.15) is 0 Å². The van der Waals surface area contributed by atoms with Crippen molar-refractivity contribution in [1.82, 2.24) is 4.31 Å². The molecule has 0 saturated carbocycles. The first-order valence-electron chi connectivity index (χ1n) is 5.36. The number of anilines is 1. The van der Waals surface area contributed by atoms with Gasteiger partial charge in [-0.05, 0) is 18.6 Å². The summed E-state index contributed by atoms with van der Waals surface area (Å²) in [4.78, 5) is 0. The van der Waals surface area contributed by atoms with E-state index in [-0.39, 0.29) is 11.9 Å². The Morgan fingerprint density at radius 3 is 3.00 bits per heavy atom. The fraction of sp³-hybridized carbons (Fsp3) is 0.455. The molecule has 1 fully saturated rings. The smallest absolute Gasteiger partial charge is 0.145 e. The van der Waals surface area contributed by atoms with Crippen molar-refractivity contribution in [2.45, 2.75) is 12.5 Å². The van der Waals surface area contributed by atoms with Gasteiger partial charge in [0.25, 0.3) is 0 Å². The molecule has 4 nitrogen and oxygen atoms in total. The minimum Gasteiger partial charge on any atom is -0.487 e. The minimum atomic E-state index is -0.981. The van der Waals surface area contributed by atoms with E-state index in [1.54, 1.807) is 6.26 Å². The molecular weight excluding hydrogens is 243 g/mol. The standard InChI is InChI=1S/C11H15FN2O2S/c1-17(15)14-5-4-9(7-14)16-11-6-8(12)2-3-10(11)13/h2-3,6,9H,4-5,7,13H2,1H3. The summed E-state index contributed by atoms with van der Waals surface area (Å²) in [6.45, 7) is 1.31. The van der Waals surface area contributed by atoms with Gasteiger partial charge in [0.2, 0.25) is 0 Å². The number of rotatable bonds is 3. The molecule has 0 radical (unpaired) electrons. The quantitative estimate of drug-likeness (QED) is 0.828. The Morgan fingerprint density at radius 2 is 2.35 bits per heavy atom. The fourth-order valence-corrected chi connectivity index (χ4v) is 2.56. The average Bonchev–Trinajstić information content (AvgIpc) is 2.72. The van der Waals surface area contributed by atoms with Gasteiger partial charge in [-0.3, -0.25) is 0 Å². The molecule has 94 valence electrons. The van der Waals surface area contributed by atoms with Gasteiger partial charge in [0.05, 0.1) is 16.7 Å². The molecule has 1 aliphatic heterocycles. The maximum absolute atomic E-state index is 13.0. The van der Waals surface area contributed by atoms with Crippen molar-refractivity contribution < 1.29 is 13.3 Å². The zero-order chi connectivity index (χ0) is 12.4. The highest BCUT2D eigenvalue weighted by Gasteiger charge is 2.26. The summed E-state index contributed by atoms with van der Waals surface area (Å²) in [6.07, 6.45) is 2.33. The molecule has 0 aliphatic carbocycles. The number of hydrogen-bond acceptors (Lipinski definition) is 3. The van der Waals surface area contributed by atoms with E-state index in [0.717, 1.165) is 13.0 Å². The first kappa shape index (κ1) is 12.3. The molecule has 0 aromatic heterocycles. The lowest BCUT2D eigenvalue weighted by Gasteiger charge is -2.15. The van der Waals surface area contributed by atoms with E-state index in [1.165, 1.54) is 18.2 Å². The second-order valence-corrected chi connectivity index (χ2v) is 5.39. The van der Waals surface area contributed by atoms with E-state index in [9.17, 15) is 8.60 Å². The third-order valence-electron chi connectivity index (χ3n) is 2.74. The van der Waals surface area contributed by atoms with E-state index >= 15 is 0 Å². The molecule has 1 heterocycles. The van der Waals surface area contributed by atoms with E-state index in [4.69, 9.17) is 10.5 Å². The van der Waals surface area contributed by atoms with Crippen LogP contribution in [0.25, 0.3) is 0 Å². The van der Waals surface area contributed by atoms with Crippen LogP contribution in [-0.4, -0.2) is 34.0 Å². The Hall–Kier alpha value is -1.14. The molecule has 1 aliphatic rings. The van der Waals surface area contributed by atoms with Gasteiger partial charge >= 0.3 is 0 Å². The van der Waals surface area contributed by atoms with E-state index < -0.39 is 11.0 Å². The van der Waals surface area contributed by atoms with Gasteiger partial charge in [0.15, 0.2) is 0 Å². The molecule has 6 heteroatoms. The van der Waals surface area contributed by atoms with Crippen molar-refractivity contribution in [2.24, 2.45) is 0 Å². The number of nitrogen functional groups attached to an aromatic ring is 1. The molecule has 0 amide bonds. The summed E-state index contributed by atoms with van der Waals surface area (Å²) in [6, 6.07) is 4.06. The molecule has 0 spiro atoms. The number of nitrogens with two attached hydrogens (primary N) is 1. The molecular formula is C11H15FN2O2S. The van der Waals surface area contributed by atoms with Crippen LogP contribution in [0.3, 0.4) is 0 Å². The Bertz CT molecular complexity index is 441. The maximum atomic E-state index is 13.0. The first-order valence-corrected chi connectivity index (χ1v) is 6.88. The summed E-state index contributed by atoms with van der Waals surface area (Å²) in [5.41, 5.74) is 6.12. The molecule has 17 heavy (non-hydrogen) atoms. The lowest BCUT2D eigenvalue weighted by molar-refractivity contribution is 0.217. The van der Waals surface area contributed by atoms with Crippen molar-refractivity contribution in [3.8, 4) is 5.75 Å². The predicted molar refractivity (Wildman–Crippen MR) is 65.5 cm³/mol. The summed E-state index contributed by atoms with van der Waals surface area (Å²) in [7, 11) is -0.981. The number of benzene rings is 1.